The normalized spacial score (nSPS) is 10.2. The number of methoxy groups -OCH3 is 1. The van der Waals surface area contributed by atoms with Crippen LogP contribution in [0, 0.1) is 11.7 Å². The summed E-state index contributed by atoms with van der Waals surface area (Å²) in [6, 6.07) is 7.20. The molecule has 0 bridgehead atoms. The summed E-state index contributed by atoms with van der Waals surface area (Å²) >= 11 is 5.17. The Hall–Kier alpha value is -2.21. The predicted octanol–water partition coefficient (Wildman–Crippen LogP) is 2.62. The van der Waals surface area contributed by atoms with Crippen LogP contribution in [0.5, 0.6) is 5.75 Å². The fraction of sp³-hybridized carbons (Fsp3) is 0.154. The summed E-state index contributed by atoms with van der Waals surface area (Å²) in [6.07, 6.45) is 1.27. The lowest BCUT2D eigenvalue weighted by Gasteiger charge is -2.13. The highest BCUT2D eigenvalue weighted by Crippen LogP contribution is 2.19. The third-order valence-electron chi connectivity index (χ3n) is 2.76. The highest BCUT2D eigenvalue weighted by atomic mass is 32.1. The number of carboxylic acid groups (broad SMARTS) is 1. The monoisotopic (exact) mass is 276 g/mol. The first kappa shape index (κ1) is 13.2. The maximum atomic E-state index is 11.1. The number of hydrogen-bond acceptors (Lipinski definition) is 4. The molecule has 0 saturated heterocycles. The predicted molar refractivity (Wildman–Crippen MR) is 72.6 cm³/mol. The van der Waals surface area contributed by atoms with Crippen LogP contribution >= 0.6 is 12.2 Å². The lowest BCUT2D eigenvalue weighted by molar-refractivity contribution is 0.0694. The van der Waals surface area contributed by atoms with Crippen LogP contribution in [-0.2, 0) is 0 Å². The molecule has 0 spiro atoms. The van der Waals surface area contributed by atoms with Crippen molar-refractivity contribution in [3.63, 3.8) is 0 Å². The van der Waals surface area contributed by atoms with Gasteiger partial charge in [0, 0.05) is 18.0 Å². The van der Waals surface area contributed by atoms with Gasteiger partial charge in [-0.15, -0.1) is 0 Å². The molecule has 19 heavy (non-hydrogen) atoms. The van der Waals surface area contributed by atoms with Crippen LogP contribution in [0.25, 0.3) is 5.69 Å². The van der Waals surface area contributed by atoms with E-state index in [1.54, 1.807) is 30.7 Å². The Morgan fingerprint density at radius 2 is 2.21 bits per heavy atom. The molecule has 6 heteroatoms. The second kappa shape index (κ2) is 5.19. The Kier molecular flexibility index (Phi) is 3.62. The fourth-order valence-electron chi connectivity index (χ4n) is 1.80. The summed E-state index contributed by atoms with van der Waals surface area (Å²) < 4.78 is 7.06. The minimum atomic E-state index is -1.03. The van der Waals surface area contributed by atoms with Crippen LogP contribution in [-0.4, -0.2) is 27.7 Å². The van der Waals surface area contributed by atoms with Crippen LogP contribution in [0.4, 0.5) is 0 Å². The van der Waals surface area contributed by atoms with E-state index in [0.717, 1.165) is 5.69 Å². The number of aromatic nitrogens is 2. The summed E-state index contributed by atoms with van der Waals surface area (Å²) in [5, 5.41) is 9.12. The SMILES string of the molecule is COc1cccc(-n2c(C)c(C(=O)O)cnc2=S)c1. The van der Waals surface area contributed by atoms with E-state index in [4.69, 9.17) is 22.1 Å². The third-order valence-corrected chi connectivity index (χ3v) is 3.05. The van der Waals surface area contributed by atoms with Crippen molar-refractivity contribution in [2.24, 2.45) is 0 Å². The van der Waals surface area contributed by atoms with Gasteiger partial charge in [-0.25, -0.2) is 9.78 Å². The Morgan fingerprint density at radius 1 is 1.47 bits per heavy atom. The topological polar surface area (TPSA) is 64.3 Å². The summed E-state index contributed by atoms with van der Waals surface area (Å²) in [6.45, 7) is 1.69. The number of carboxylic acids is 1. The van der Waals surface area contributed by atoms with Crippen molar-refractivity contribution in [3.8, 4) is 11.4 Å². The van der Waals surface area contributed by atoms with Gasteiger partial charge < -0.3 is 9.84 Å². The van der Waals surface area contributed by atoms with Gasteiger partial charge in [-0.05, 0) is 31.3 Å². The van der Waals surface area contributed by atoms with Crippen LogP contribution in [0.3, 0.4) is 0 Å². The number of aromatic carboxylic acids is 1. The minimum Gasteiger partial charge on any atom is -0.497 e. The van der Waals surface area contributed by atoms with Gasteiger partial charge in [0.1, 0.15) is 5.75 Å². The molecule has 0 saturated carbocycles. The zero-order chi connectivity index (χ0) is 14.0. The molecule has 1 aromatic carbocycles. The maximum absolute atomic E-state index is 11.1. The second-order valence-corrected chi connectivity index (χ2v) is 4.25. The lowest BCUT2D eigenvalue weighted by atomic mass is 10.2. The zero-order valence-electron chi connectivity index (χ0n) is 10.5. The molecule has 5 nitrogen and oxygen atoms in total. The number of benzene rings is 1. The average Bonchev–Trinajstić information content (AvgIpc) is 2.38. The van der Waals surface area contributed by atoms with E-state index < -0.39 is 5.97 Å². The van der Waals surface area contributed by atoms with Crippen LogP contribution < -0.4 is 4.74 Å². The average molecular weight is 276 g/mol. The Morgan fingerprint density at radius 3 is 2.84 bits per heavy atom. The van der Waals surface area contributed by atoms with E-state index >= 15 is 0 Å². The first-order chi connectivity index (χ1) is 9.04. The van der Waals surface area contributed by atoms with E-state index in [9.17, 15) is 4.79 Å². The number of carbonyl (C=O) groups is 1. The van der Waals surface area contributed by atoms with Gasteiger partial charge in [0.2, 0.25) is 4.77 Å². The highest BCUT2D eigenvalue weighted by molar-refractivity contribution is 7.71. The number of ether oxygens (including phenoxy) is 1. The molecule has 0 fully saturated rings. The third kappa shape index (κ3) is 2.48. The quantitative estimate of drug-likeness (QED) is 0.873. The van der Waals surface area contributed by atoms with E-state index in [1.165, 1.54) is 6.20 Å². The van der Waals surface area contributed by atoms with Gasteiger partial charge in [0.05, 0.1) is 18.4 Å². The van der Waals surface area contributed by atoms with Crippen molar-refractivity contribution in [3.05, 3.63) is 46.5 Å². The highest BCUT2D eigenvalue weighted by Gasteiger charge is 2.12. The largest absolute Gasteiger partial charge is 0.497 e. The Labute approximate surface area is 115 Å². The van der Waals surface area contributed by atoms with Crippen LogP contribution in [0.15, 0.2) is 30.5 Å². The molecule has 1 heterocycles. The number of rotatable bonds is 3. The molecular formula is C13H12N2O3S. The molecule has 98 valence electrons. The van der Waals surface area contributed by atoms with Gasteiger partial charge in [0.15, 0.2) is 0 Å². The minimum absolute atomic E-state index is 0.122. The molecule has 0 amide bonds. The number of hydrogen-bond donors (Lipinski definition) is 1. The summed E-state index contributed by atoms with van der Waals surface area (Å²) in [4.78, 5) is 15.1. The van der Waals surface area contributed by atoms with Gasteiger partial charge in [0.25, 0.3) is 0 Å². The van der Waals surface area contributed by atoms with E-state index in [1.807, 2.05) is 12.1 Å². The standard InChI is InChI=1S/C13H12N2O3S/c1-8-11(12(16)17)7-14-13(19)15(8)9-4-3-5-10(6-9)18-2/h3-7H,1-2H3,(H,16,17). The van der Waals surface area contributed by atoms with Crippen molar-refractivity contribution in [1.82, 2.24) is 9.55 Å². The zero-order valence-corrected chi connectivity index (χ0v) is 11.3. The molecule has 2 aromatic rings. The maximum Gasteiger partial charge on any atom is 0.339 e. The Bertz CT molecular complexity index is 695. The molecule has 2 rings (SSSR count). The first-order valence-corrected chi connectivity index (χ1v) is 5.92. The number of nitrogens with zero attached hydrogens (tertiary/aromatic N) is 2. The van der Waals surface area contributed by atoms with Gasteiger partial charge in [-0.1, -0.05) is 6.07 Å². The molecule has 0 atom stereocenters. The molecule has 0 unspecified atom stereocenters. The molecule has 0 aliphatic heterocycles. The van der Waals surface area contributed by atoms with Crippen molar-refractivity contribution in [1.29, 1.82) is 0 Å². The second-order valence-electron chi connectivity index (χ2n) is 3.88. The Balaban J connectivity index is 2.70. The lowest BCUT2D eigenvalue weighted by Crippen LogP contribution is -2.11. The fourth-order valence-corrected chi connectivity index (χ4v) is 2.09. The van der Waals surface area contributed by atoms with Crippen molar-refractivity contribution < 1.29 is 14.6 Å². The van der Waals surface area contributed by atoms with Crippen LogP contribution in [0.1, 0.15) is 16.1 Å². The van der Waals surface area contributed by atoms with Crippen molar-refractivity contribution in [2.45, 2.75) is 6.92 Å². The van der Waals surface area contributed by atoms with Crippen LogP contribution in [0.2, 0.25) is 0 Å². The van der Waals surface area contributed by atoms with E-state index in [0.29, 0.717) is 16.2 Å². The molecule has 1 N–H and O–H groups in total. The van der Waals surface area contributed by atoms with Gasteiger partial charge >= 0.3 is 5.97 Å². The molecule has 0 radical (unpaired) electrons. The molecule has 0 aliphatic rings. The smallest absolute Gasteiger partial charge is 0.339 e. The van der Waals surface area contributed by atoms with Crippen molar-refractivity contribution in [2.75, 3.05) is 7.11 Å². The van der Waals surface area contributed by atoms with E-state index in [-0.39, 0.29) is 5.56 Å². The summed E-state index contributed by atoms with van der Waals surface area (Å²) in [7, 11) is 1.57. The van der Waals surface area contributed by atoms with Gasteiger partial charge in [-0.2, -0.15) is 0 Å². The first-order valence-electron chi connectivity index (χ1n) is 5.51. The van der Waals surface area contributed by atoms with E-state index in [2.05, 4.69) is 4.98 Å². The molecule has 0 aliphatic carbocycles. The summed E-state index contributed by atoms with van der Waals surface area (Å²) in [5.41, 5.74) is 1.37. The molecular weight excluding hydrogens is 264 g/mol. The van der Waals surface area contributed by atoms with Gasteiger partial charge in [-0.3, -0.25) is 4.57 Å². The summed E-state index contributed by atoms with van der Waals surface area (Å²) in [5.74, 6) is -0.365. The van der Waals surface area contributed by atoms with Crippen molar-refractivity contribution >= 4 is 18.2 Å². The molecule has 1 aromatic heterocycles.